The normalized spacial score (nSPS) is 4.80. The van der Waals surface area contributed by atoms with E-state index < -0.39 is 12.3 Å². The largest absolute Gasteiger partial charge is 1.00 e. The molecule has 0 fully saturated rings. The van der Waals surface area contributed by atoms with Crippen molar-refractivity contribution in [2.24, 2.45) is 0 Å². The van der Waals surface area contributed by atoms with Gasteiger partial charge >= 0.3 is 51.4 Å². The molecule has 0 unspecified atom stereocenters. The van der Waals surface area contributed by atoms with Crippen LogP contribution in [-0.2, 0) is 0 Å². The molecule has 0 atom stereocenters. The van der Waals surface area contributed by atoms with Gasteiger partial charge in [-0.15, -0.1) is 0 Å². The van der Waals surface area contributed by atoms with Gasteiger partial charge in [-0.1, -0.05) is 0 Å². The number of quaternary nitrogens is 1. The van der Waals surface area contributed by atoms with Crippen LogP contribution in [0.15, 0.2) is 0 Å². The van der Waals surface area contributed by atoms with Gasteiger partial charge in [0.25, 0.3) is 0 Å². The molecule has 0 aromatic heterocycles. The molecule has 0 radical (unpaired) electrons. The van der Waals surface area contributed by atoms with Gasteiger partial charge in [-0.25, -0.2) is 0 Å². The molecular weight excluding hydrogens is 173 g/mol. The van der Waals surface area contributed by atoms with Gasteiger partial charge in [0.1, 0.15) is 0 Å². The fourth-order valence-corrected chi connectivity index (χ4v) is 0. The fraction of sp³-hybridized carbons (Fsp3) is 0. The van der Waals surface area contributed by atoms with Crippen LogP contribution in [0.1, 0.15) is 0 Å². The van der Waals surface area contributed by atoms with Crippen LogP contribution in [0.3, 0.4) is 0 Å². The number of rotatable bonds is 0. The predicted molar refractivity (Wildman–Crippen MR) is 22.0 cm³/mol. The van der Waals surface area contributed by atoms with Gasteiger partial charge in [0.05, 0.1) is 0 Å². The number of carbonyl (C=O) groups is 2. The van der Waals surface area contributed by atoms with Gasteiger partial charge in [0, 0.05) is 0 Å². The van der Waals surface area contributed by atoms with E-state index in [9.17, 15) is 0 Å². The van der Waals surface area contributed by atoms with Crippen molar-refractivity contribution >= 4 is 12.3 Å². The number of carboxylic acid groups (broad SMARTS) is 4. The summed E-state index contributed by atoms with van der Waals surface area (Å²) in [4.78, 5) is 16.9. The third-order valence-corrected chi connectivity index (χ3v) is 0. The van der Waals surface area contributed by atoms with Gasteiger partial charge in [0.2, 0.25) is 12.3 Å². The molecule has 0 aliphatic carbocycles. The van der Waals surface area contributed by atoms with E-state index >= 15 is 0 Å². The van der Waals surface area contributed by atoms with Crippen molar-refractivity contribution < 1.29 is 81.4 Å². The van der Waals surface area contributed by atoms with Crippen molar-refractivity contribution in [3.63, 3.8) is 0 Å². The topological polar surface area (TPSA) is 157 Å². The Morgan fingerprint density at radius 2 is 1.00 bits per heavy atom. The second-order valence-corrected chi connectivity index (χ2v) is 0.532. The first-order chi connectivity index (χ1) is 3.46. The summed E-state index contributed by atoms with van der Waals surface area (Å²) < 4.78 is 0. The van der Waals surface area contributed by atoms with E-state index in [0.717, 1.165) is 0 Å². The van der Waals surface area contributed by atoms with Crippen molar-refractivity contribution in [3.05, 3.63) is 0 Å². The van der Waals surface area contributed by atoms with Crippen molar-refractivity contribution in [1.82, 2.24) is 6.15 Å². The quantitative estimate of drug-likeness (QED) is 0.316. The Bertz CT molecular complexity index is 73.7. The van der Waals surface area contributed by atoms with E-state index in [1.54, 1.807) is 0 Å². The van der Waals surface area contributed by atoms with Gasteiger partial charge in [-0.2, -0.15) is 0 Å². The smallest absolute Gasteiger partial charge is 0.565 e. The molecular formula is C2H6KNO6. The maximum absolute atomic E-state index is 8.44. The van der Waals surface area contributed by atoms with E-state index in [1.807, 2.05) is 0 Å². The maximum Gasteiger partial charge on any atom is 1.00 e. The Hall–Kier alpha value is 0.136. The molecule has 0 heterocycles. The third-order valence-electron chi connectivity index (χ3n) is 0. The summed E-state index contributed by atoms with van der Waals surface area (Å²) in [6.45, 7) is 0. The van der Waals surface area contributed by atoms with E-state index in [2.05, 4.69) is 0 Å². The standard InChI is InChI=1S/2CH2O3.K.H3N/c2*2-1(3)4;;/h2*(H2,2,3,4);;1H3/q;;+1;/p-1. The Morgan fingerprint density at radius 3 is 1.00 bits per heavy atom. The minimum Gasteiger partial charge on any atom is -0.565 e. The van der Waals surface area contributed by atoms with Crippen molar-refractivity contribution in [2.45, 2.75) is 0 Å². The molecule has 0 rings (SSSR count). The van der Waals surface area contributed by atoms with Crippen molar-refractivity contribution in [3.8, 4) is 0 Å². The average Bonchev–Trinajstić information content (AvgIpc) is 1.25. The third kappa shape index (κ3) is 22300. The second kappa shape index (κ2) is 16.1. The summed E-state index contributed by atoms with van der Waals surface area (Å²) in [5, 5.41) is 30.6. The Morgan fingerprint density at radius 1 is 1.00 bits per heavy atom. The van der Waals surface area contributed by atoms with Crippen LogP contribution in [0.5, 0.6) is 0 Å². The molecule has 0 aliphatic rings. The zero-order chi connectivity index (χ0) is 7.15. The van der Waals surface area contributed by atoms with Crippen LogP contribution in [-0.4, -0.2) is 22.5 Å². The van der Waals surface area contributed by atoms with Gasteiger partial charge in [-0.05, 0) is 0 Å². The first-order valence-corrected chi connectivity index (χ1v) is 1.26. The zero-order valence-electron chi connectivity index (χ0n) is 5.53. The van der Waals surface area contributed by atoms with Crippen LogP contribution < -0.4 is 67.7 Å². The van der Waals surface area contributed by atoms with Gasteiger partial charge < -0.3 is 36.2 Å². The van der Waals surface area contributed by atoms with Gasteiger partial charge in [0.15, 0.2) is 0 Å². The minimum atomic E-state index is -2.08. The summed E-state index contributed by atoms with van der Waals surface area (Å²) in [7, 11) is 0. The summed E-state index contributed by atoms with van der Waals surface area (Å²) in [6, 6.07) is 0. The summed E-state index contributed by atoms with van der Waals surface area (Å²) in [6.07, 6.45) is -4.17. The first-order valence-electron chi connectivity index (χ1n) is 1.26. The summed E-state index contributed by atoms with van der Waals surface area (Å²) in [5.41, 5.74) is 0. The number of hydrogen-bond acceptors (Lipinski definition) is 4. The molecule has 0 amide bonds. The van der Waals surface area contributed by atoms with Crippen LogP contribution in [0.25, 0.3) is 0 Å². The van der Waals surface area contributed by atoms with Gasteiger partial charge in [-0.3, -0.25) is 0 Å². The van der Waals surface area contributed by atoms with Crippen molar-refractivity contribution in [2.75, 3.05) is 0 Å². The summed E-state index contributed by atoms with van der Waals surface area (Å²) >= 11 is 0. The van der Waals surface area contributed by atoms with E-state index in [0.29, 0.717) is 0 Å². The maximum atomic E-state index is 8.44. The fourth-order valence-electron chi connectivity index (χ4n) is 0. The molecule has 0 bridgehead atoms. The SMILES string of the molecule is O=C([O-])O.O=C([O-])O.[K+].[NH4+]. The molecule has 0 saturated carbocycles. The Balaban J connectivity index is -0.0000000300. The van der Waals surface area contributed by atoms with E-state index in [1.165, 1.54) is 0 Å². The molecule has 56 valence electrons. The first kappa shape index (κ1) is 22.5. The second-order valence-electron chi connectivity index (χ2n) is 0.532. The predicted octanol–water partition coefficient (Wildman–Crippen LogP) is -4.84. The molecule has 10 heavy (non-hydrogen) atoms. The molecule has 0 spiro atoms. The molecule has 6 N–H and O–H groups in total. The zero-order valence-corrected chi connectivity index (χ0v) is 8.65. The number of hydrogen-bond donors (Lipinski definition) is 3. The molecule has 0 aliphatic heterocycles. The molecule has 0 aromatic carbocycles. The Labute approximate surface area is 98.7 Å². The van der Waals surface area contributed by atoms with E-state index in [-0.39, 0.29) is 57.5 Å². The molecule has 8 heteroatoms. The van der Waals surface area contributed by atoms with Crippen molar-refractivity contribution in [1.29, 1.82) is 0 Å². The van der Waals surface area contributed by atoms with Crippen LogP contribution >= 0.6 is 0 Å². The van der Waals surface area contributed by atoms with Crippen LogP contribution in [0.2, 0.25) is 0 Å². The minimum absolute atomic E-state index is 0. The molecule has 0 saturated heterocycles. The van der Waals surface area contributed by atoms with E-state index in [4.69, 9.17) is 30.0 Å². The van der Waals surface area contributed by atoms with Crippen LogP contribution in [0, 0.1) is 0 Å². The average molecular weight is 179 g/mol. The van der Waals surface area contributed by atoms with Crippen LogP contribution in [0.4, 0.5) is 9.59 Å². The Kier molecular flexibility index (Phi) is 36.1. The molecule has 0 aromatic rings. The molecule has 7 nitrogen and oxygen atoms in total. The summed E-state index contributed by atoms with van der Waals surface area (Å²) in [5.74, 6) is 0. The monoisotopic (exact) mass is 179 g/mol.